The molecule has 3 nitrogen and oxygen atoms in total. The summed E-state index contributed by atoms with van der Waals surface area (Å²) in [6.07, 6.45) is 0.463. The summed E-state index contributed by atoms with van der Waals surface area (Å²) in [6, 6.07) is 8.57. The molecule has 1 rings (SSSR count). The lowest BCUT2D eigenvalue weighted by Crippen LogP contribution is -2.20. The number of nitriles is 1. The van der Waals surface area contributed by atoms with Crippen LogP contribution in [0.5, 0.6) is 5.75 Å². The monoisotopic (exact) mass is 246 g/mol. The van der Waals surface area contributed by atoms with Gasteiger partial charge in [0.25, 0.3) is 0 Å². The second-order valence-corrected chi connectivity index (χ2v) is 5.00. The molecular formula is C15H22N2O. The third-order valence-electron chi connectivity index (χ3n) is 3.19. The highest BCUT2D eigenvalue weighted by molar-refractivity contribution is 5.40. The van der Waals surface area contributed by atoms with E-state index in [1.807, 2.05) is 20.2 Å². The molecule has 1 aromatic rings. The summed E-state index contributed by atoms with van der Waals surface area (Å²) in [6.45, 7) is 4.33. The maximum atomic E-state index is 8.97. The first kappa shape index (κ1) is 14.5. The fourth-order valence-corrected chi connectivity index (χ4v) is 2.03. The van der Waals surface area contributed by atoms with Gasteiger partial charge in [0, 0.05) is 5.56 Å². The van der Waals surface area contributed by atoms with Gasteiger partial charge in [-0.3, -0.25) is 0 Å². The molecular weight excluding hydrogens is 224 g/mol. The number of ether oxygens (including phenoxy) is 1. The minimum Gasteiger partial charge on any atom is -0.496 e. The number of nitrogens with zero attached hydrogens (tertiary/aromatic N) is 2. The van der Waals surface area contributed by atoms with Crippen LogP contribution in [0.25, 0.3) is 0 Å². The predicted molar refractivity (Wildman–Crippen MR) is 73.7 cm³/mol. The van der Waals surface area contributed by atoms with E-state index in [0.29, 0.717) is 12.3 Å². The molecule has 0 aliphatic carbocycles. The quantitative estimate of drug-likeness (QED) is 0.799. The Balaban J connectivity index is 3.25. The van der Waals surface area contributed by atoms with Crippen molar-refractivity contribution >= 4 is 0 Å². The summed E-state index contributed by atoms with van der Waals surface area (Å²) in [7, 11) is 5.65. The lowest BCUT2D eigenvalue weighted by atomic mass is 9.95. The molecule has 0 fully saturated rings. The van der Waals surface area contributed by atoms with Crippen molar-refractivity contribution in [2.45, 2.75) is 32.2 Å². The van der Waals surface area contributed by atoms with E-state index in [0.717, 1.165) is 11.3 Å². The highest BCUT2D eigenvalue weighted by Gasteiger charge is 2.19. The van der Waals surface area contributed by atoms with E-state index in [9.17, 15) is 0 Å². The van der Waals surface area contributed by atoms with Gasteiger partial charge in [-0.15, -0.1) is 0 Å². The fourth-order valence-electron chi connectivity index (χ4n) is 2.03. The third-order valence-corrected chi connectivity index (χ3v) is 3.19. The maximum Gasteiger partial charge on any atom is 0.123 e. The molecule has 0 spiro atoms. The minimum atomic E-state index is 0.0728. The molecule has 0 aromatic heterocycles. The highest BCUT2D eigenvalue weighted by Crippen LogP contribution is 2.32. The minimum absolute atomic E-state index is 0.0728. The van der Waals surface area contributed by atoms with Gasteiger partial charge in [0.2, 0.25) is 0 Å². The average molecular weight is 246 g/mol. The van der Waals surface area contributed by atoms with Crippen molar-refractivity contribution in [2.75, 3.05) is 21.2 Å². The number of hydrogen-bond donors (Lipinski definition) is 0. The first-order valence-corrected chi connectivity index (χ1v) is 6.22. The van der Waals surface area contributed by atoms with E-state index in [-0.39, 0.29) is 6.04 Å². The Bertz CT molecular complexity index is 433. The van der Waals surface area contributed by atoms with Crippen LogP contribution in [0, 0.1) is 11.3 Å². The average Bonchev–Trinajstić information content (AvgIpc) is 2.34. The van der Waals surface area contributed by atoms with Gasteiger partial charge in [0.05, 0.1) is 25.6 Å². The molecule has 0 amide bonds. The van der Waals surface area contributed by atoms with E-state index >= 15 is 0 Å². The zero-order chi connectivity index (χ0) is 13.7. The van der Waals surface area contributed by atoms with E-state index in [1.165, 1.54) is 5.56 Å². The van der Waals surface area contributed by atoms with Crippen molar-refractivity contribution in [3.8, 4) is 11.8 Å². The summed E-state index contributed by atoms with van der Waals surface area (Å²) in [5.74, 6) is 1.33. The van der Waals surface area contributed by atoms with Gasteiger partial charge in [-0.25, -0.2) is 0 Å². The molecule has 0 saturated heterocycles. The van der Waals surface area contributed by atoms with Crippen LogP contribution in [0.1, 0.15) is 43.4 Å². The summed E-state index contributed by atoms with van der Waals surface area (Å²) in [5.41, 5.74) is 2.37. The standard InChI is InChI=1S/C15H22N2O/c1-11(2)12-6-7-15(18-5)13(10-12)14(8-9-16)17(3)4/h6-7,10-11,14H,8H2,1-5H3. The van der Waals surface area contributed by atoms with Crippen molar-refractivity contribution in [3.05, 3.63) is 29.3 Å². The van der Waals surface area contributed by atoms with Crippen LogP contribution in [0.4, 0.5) is 0 Å². The maximum absolute atomic E-state index is 8.97. The molecule has 1 aromatic carbocycles. The highest BCUT2D eigenvalue weighted by atomic mass is 16.5. The zero-order valence-corrected chi connectivity index (χ0v) is 11.9. The van der Waals surface area contributed by atoms with E-state index in [1.54, 1.807) is 7.11 Å². The number of rotatable bonds is 5. The molecule has 0 aliphatic heterocycles. The van der Waals surface area contributed by atoms with Gasteiger partial charge in [0.1, 0.15) is 5.75 Å². The molecule has 0 bridgehead atoms. The Morgan fingerprint density at radius 2 is 2.00 bits per heavy atom. The summed E-state index contributed by atoms with van der Waals surface area (Å²) in [4.78, 5) is 2.06. The van der Waals surface area contributed by atoms with Crippen molar-refractivity contribution in [1.29, 1.82) is 5.26 Å². The summed E-state index contributed by atoms with van der Waals surface area (Å²) in [5, 5.41) is 8.97. The Labute approximate surface area is 110 Å². The molecule has 0 radical (unpaired) electrons. The number of methoxy groups -OCH3 is 1. The van der Waals surface area contributed by atoms with Crippen molar-refractivity contribution in [1.82, 2.24) is 4.90 Å². The second kappa shape index (κ2) is 6.42. The largest absolute Gasteiger partial charge is 0.496 e. The first-order chi connectivity index (χ1) is 8.51. The molecule has 0 aliphatic rings. The van der Waals surface area contributed by atoms with E-state index in [2.05, 4.69) is 36.9 Å². The van der Waals surface area contributed by atoms with Gasteiger partial charge in [0.15, 0.2) is 0 Å². The topological polar surface area (TPSA) is 36.3 Å². The Kier molecular flexibility index (Phi) is 5.18. The van der Waals surface area contributed by atoms with Gasteiger partial charge in [-0.2, -0.15) is 5.26 Å². The molecule has 1 atom stereocenters. The molecule has 98 valence electrons. The van der Waals surface area contributed by atoms with E-state index in [4.69, 9.17) is 10.00 Å². The van der Waals surface area contributed by atoms with Crippen LogP contribution >= 0.6 is 0 Å². The summed E-state index contributed by atoms with van der Waals surface area (Å²) >= 11 is 0. The summed E-state index contributed by atoms with van der Waals surface area (Å²) < 4.78 is 5.42. The first-order valence-electron chi connectivity index (χ1n) is 6.22. The molecule has 0 N–H and O–H groups in total. The van der Waals surface area contributed by atoms with Crippen LogP contribution in [0.3, 0.4) is 0 Å². The van der Waals surface area contributed by atoms with E-state index < -0.39 is 0 Å². The van der Waals surface area contributed by atoms with Crippen molar-refractivity contribution < 1.29 is 4.74 Å². The molecule has 0 saturated carbocycles. The van der Waals surface area contributed by atoms with Crippen molar-refractivity contribution in [3.63, 3.8) is 0 Å². The van der Waals surface area contributed by atoms with Gasteiger partial charge >= 0.3 is 0 Å². The Morgan fingerprint density at radius 3 is 2.44 bits per heavy atom. The molecule has 0 heterocycles. The van der Waals surface area contributed by atoms with Crippen LogP contribution in [0.15, 0.2) is 18.2 Å². The second-order valence-electron chi connectivity index (χ2n) is 5.00. The third kappa shape index (κ3) is 3.24. The molecule has 3 heteroatoms. The van der Waals surface area contributed by atoms with Gasteiger partial charge in [-0.1, -0.05) is 26.0 Å². The zero-order valence-electron chi connectivity index (χ0n) is 11.9. The van der Waals surface area contributed by atoms with Crippen LogP contribution in [-0.2, 0) is 0 Å². The molecule has 18 heavy (non-hydrogen) atoms. The predicted octanol–water partition coefficient (Wildman–Crippen LogP) is 3.33. The fraction of sp³-hybridized carbons (Fsp3) is 0.533. The molecule has 1 unspecified atom stereocenters. The Morgan fingerprint density at radius 1 is 1.33 bits per heavy atom. The SMILES string of the molecule is COc1ccc(C(C)C)cc1C(CC#N)N(C)C. The van der Waals surface area contributed by atoms with Gasteiger partial charge < -0.3 is 9.64 Å². The Hall–Kier alpha value is -1.53. The lowest BCUT2D eigenvalue weighted by Gasteiger charge is -2.25. The lowest BCUT2D eigenvalue weighted by molar-refractivity contribution is 0.292. The van der Waals surface area contributed by atoms with Crippen molar-refractivity contribution in [2.24, 2.45) is 0 Å². The van der Waals surface area contributed by atoms with Crippen LogP contribution in [0.2, 0.25) is 0 Å². The van der Waals surface area contributed by atoms with Crippen LogP contribution < -0.4 is 4.74 Å². The van der Waals surface area contributed by atoms with Crippen LogP contribution in [-0.4, -0.2) is 26.1 Å². The van der Waals surface area contributed by atoms with Gasteiger partial charge in [-0.05, 0) is 31.6 Å². The smallest absolute Gasteiger partial charge is 0.123 e. The normalized spacial score (nSPS) is 12.6. The number of benzene rings is 1. The number of hydrogen-bond acceptors (Lipinski definition) is 3.